The van der Waals surface area contributed by atoms with Crippen molar-refractivity contribution in [2.24, 2.45) is 5.92 Å². The van der Waals surface area contributed by atoms with E-state index in [0.717, 1.165) is 10.1 Å². The van der Waals surface area contributed by atoms with Gasteiger partial charge in [-0.2, -0.15) is 0 Å². The zero-order valence-corrected chi connectivity index (χ0v) is 20.2. The molecule has 4 rings (SSSR count). The Bertz CT molecular complexity index is 1190. The second-order valence-electron chi connectivity index (χ2n) is 9.14. The fourth-order valence-electron chi connectivity index (χ4n) is 4.50. The Labute approximate surface area is 201 Å². The number of hydrogen-bond acceptors (Lipinski definition) is 9. The van der Waals surface area contributed by atoms with E-state index < -0.39 is 59.6 Å². The molecule has 6 atom stereocenters. The highest BCUT2D eigenvalue weighted by Gasteiger charge is 2.58. The number of benzene rings is 1. The number of aliphatic hydroxyl groups is 1. The number of methoxy groups -OCH3 is 2. The first-order valence-electron chi connectivity index (χ1n) is 11.3. The van der Waals surface area contributed by atoms with E-state index in [-0.39, 0.29) is 6.54 Å². The zero-order valence-electron chi connectivity index (χ0n) is 20.2. The van der Waals surface area contributed by atoms with Gasteiger partial charge in [0.15, 0.2) is 12.0 Å². The molecule has 1 N–H and O–H groups in total. The summed E-state index contributed by atoms with van der Waals surface area (Å²) in [6.07, 6.45) is -3.44. The fraction of sp³-hybridized carbons (Fsp3) is 0.542. The van der Waals surface area contributed by atoms with Gasteiger partial charge in [-0.25, -0.2) is 4.79 Å². The lowest BCUT2D eigenvalue weighted by Crippen LogP contribution is -2.44. The molecule has 0 radical (unpaired) electrons. The summed E-state index contributed by atoms with van der Waals surface area (Å²) >= 11 is 0. The smallest absolute Gasteiger partial charge is 0.333 e. The van der Waals surface area contributed by atoms with Crippen molar-refractivity contribution in [3.63, 3.8) is 0 Å². The predicted molar refractivity (Wildman–Crippen MR) is 122 cm³/mol. The lowest BCUT2D eigenvalue weighted by Gasteiger charge is -2.28. The third kappa shape index (κ3) is 4.76. The minimum atomic E-state index is -1.28. The fourth-order valence-corrected chi connectivity index (χ4v) is 4.50. The molecule has 190 valence electrons. The number of carbonyl (C=O) groups excluding carboxylic acids is 1. The molecule has 0 spiro atoms. The van der Waals surface area contributed by atoms with Crippen molar-refractivity contribution in [3.8, 4) is 5.75 Å². The van der Waals surface area contributed by atoms with Gasteiger partial charge in [-0.1, -0.05) is 12.1 Å². The van der Waals surface area contributed by atoms with E-state index in [2.05, 4.69) is 0 Å². The molecular weight excluding hydrogens is 460 g/mol. The number of ether oxygens (including phenoxy) is 5. The van der Waals surface area contributed by atoms with Gasteiger partial charge < -0.3 is 28.8 Å². The van der Waals surface area contributed by atoms with Gasteiger partial charge in [0, 0.05) is 12.3 Å². The van der Waals surface area contributed by atoms with Crippen LogP contribution in [0.3, 0.4) is 0 Å². The molecule has 1 aromatic carbocycles. The average Bonchev–Trinajstić information content (AvgIpc) is 3.33. The van der Waals surface area contributed by atoms with E-state index in [9.17, 15) is 19.5 Å². The van der Waals surface area contributed by atoms with Crippen molar-refractivity contribution in [1.29, 1.82) is 0 Å². The maximum absolute atomic E-state index is 13.4. The second kappa shape index (κ2) is 9.57. The molecule has 0 bridgehead atoms. The highest BCUT2D eigenvalue weighted by atomic mass is 16.8. The largest absolute Gasteiger partial charge is 0.497 e. The lowest BCUT2D eigenvalue weighted by molar-refractivity contribution is -0.212. The minimum absolute atomic E-state index is 0.0393. The summed E-state index contributed by atoms with van der Waals surface area (Å²) in [6, 6.07) is 8.28. The summed E-state index contributed by atoms with van der Waals surface area (Å²) in [5, 5.41) is 10.9. The van der Waals surface area contributed by atoms with Gasteiger partial charge in [-0.15, -0.1) is 0 Å². The monoisotopic (exact) mass is 490 g/mol. The van der Waals surface area contributed by atoms with Gasteiger partial charge in [0.05, 0.1) is 32.8 Å². The maximum atomic E-state index is 13.4. The Morgan fingerprint density at radius 2 is 1.77 bits per heavy atom. The standard InChI is InChI=1S/C24H30N2O9/c1-13(22(29)32-5)17(28)18-19-20(35-24(2,3)34-19)21(33-18)25-11-10-16(27)26(23(25)30)12-14-6-8-15(31-4)9-7-14/h6-11,13,17-21,28H,12H2,1-5H3/t13-,17+,18-,19+,20?,21-/m1/s1. The third-order valence-electron chi connectivity index (χ3n) is 6.36. The quantitative estimate of drug-likeness (QED) is 0.557. The molecule has 0 amide bonds. The Morgan fingerprint density at radius 1 is 1.11 bits per heavy atom. The molecule has 0 aliphatic carbocycles. The minimum Gasteiger partial charge on any atom is -0.497 e. The van der Waals surface area contributed by atoms with Gasteiger partial charge >= 0.3 is 11.7 Å². The summed E-state index contributed by atoms with van der Waals surface area (Å²) in [7, 11) is 2.78. The number of aliphatic hydroxyl groups excluding tert-OH is 1. The van der Waals surface area contributed by atoms with E-state index in [1.54, 1.807) is 45.2 Å². The first-order valence-corrected chi connectivity index (χ1v) is 11.3. The van der Waals surface area contributed by atoms with E-state index >= 15 is 0 Å². The Kier molecular flexibility index (Phi) is 6.87. The van der Waals surface area contributed by atoms with Gasteiger partial charge in [0.2, 0.25) is 0 Å². The Balaban J connectivity index is 1.68. The number of esters is 1. The number of hydrogen-bond donors (Lipinski definition) is 1. The van der Waals surface area contributed by atoms with E-state index in [4.69, 9.17) is 23.7 Å². The summed E-state index contributed by atoms with van der Waals surface area (Å²) in [4.78, 5) is 38.0. The topological polar surface area (TPSA) is 127 Å². The van der Waals surface area contributed by atoms with Gasteiger partial charge in [-0.05, 0) is 38.5 Å². The molecular formula is C24H30N2O9. The zero-order chi connectivity index (χ0) is 25.5. The van der Waals surface area contributed by atoms with E-state index in [1.165, 1.54) is 30.9 Å². The second-order valence-corrected chi connectivity index (χ2v) is 9.14. The molecule has 1 unspecified atom stereocenters. The van der Waals surface area contributed by atoms with Crippen LogP contribution in [0.15, 0.2) is 46.1 Å². The van der Waals surface area contributed by atoms with Crippen molar-refractivity contribution in [1.82, 2.24) is 9.13 Å². The molecule has 35 heavy (non-hydrogen) atoms. The molecule has 3 heterocycles. The normalized spacial score (nSPS) is 26.7. The van der Waals surface area contributed by atoms with Crippen molar-refractivity contribution in [2.75, 3.05) is 14.2 Å². The highest BCUT2D eigenvalue weighted by Crippen LogP contribution is 2.44. The van der Waals surface area contributed by atoms with Crippen LogP contribution in [0.25, 0.3) is 0 Å². The van der Waals surface area contributed by atoms with Crippen LogP contribution in [0.4, 0.5) is 0 Å². The van der Waals surface area contributed by atoms with Crippen molar-refractivity contribution >= 4 is 5.97 Å². The lowest BCUT2D eigenvalue weighted by atomic mass is 9.95. The van der Waals surface area contributed by atoms with Crippen LogP contribution in [0.1, 0.15) is 32.6 Å². The van der Waals surface area contributed by atoms with Gasteiger partial charge in [0.25, 0.3) is 5.56 Å². The van der Waals surface area contributed by atoms with Crippen molar-refractivity contribution in [2.45, 2.75) is 63.7 Å². The Morgan fingerprint density at radius 3 is 2.40 bits per heavy atom. The number of aromatic nitrogens is 2. The summed E-state index contributed by atoms with van der Waals surface area (Å²) < 4.78 is 30.3. The summed E-state index contributed by atoms with van der Waals surface area (Å²) in [5.41, 5.74) is -0.354. The van der Waals surface area contributed by atoms with Gasteiger partial charge in [-0.3, -0.25) is 18.7 Å². The molecule has 2 aromatic rings. The molecule has 2 fully saturated rings. The molecule has 2 saturated heterocycles. The van der Waals surface area contributed by atoms with Crippen LogP contribution in [0.5, 0.6) is 5.75 Å². The van der Waals surface area contributed by atoms with Crippen LogP contribution < -0.4 is 16.0 Å². The average molecular weight is 491 g/mol. The molecule has 11 nitrogen and oxygen atoms in total. The third-order valence-corrected chi connectivity index (χ3v) is 6.36. The number of rotatable bonds is 7. The summed E-state index contributed by atoms with van der Waals surface area (Å²) in [5.74, 6) is -1.86. The molecule has 0 saturated carbocycles. The first kappa shape index (κ1) is 25.1. The molecule has 11 heteroatoms. The highest BCUT2D eigenvalue weighted by molar-refractivity contribution is 5.72. The van der Waals surface area contributed by atoms with Crippen LogP contribution in [-0.4, -0.2) is 64.6 Å². The van der Waals surface area contributed by atoms with Crippen LogP contribution in [-0.2, 0) is 30.3 Å². The van der Waals surface area contributed by atoms with Crippen LogP contribution >= 0.6 is 0 Å². The first-order chi connectivity index (χ1) is 16.6. The summed E-state index contributed by atoms with van der Waals surface area (Å²) in [6.45, 7) is 4.98. The number of carbonyl (C=O) groups is 1. The molecule has 2 aliphatic rings. The maximum Gasteiger partial charge on any atom is 0.333 e. The molecule has 2 aliphatic heterocycles. The van der Waals surface area contributed by atoms with Crippen LogP contribution in [0.2, 0.25) is 0 Å². The molecule has 1 aromatic heterocycles. The van der Waals surface area contributed by atoms with Crippen molar-refractivity contribution in [3.05, 3.63) is 62.9 Å². The Hall–Kier alpha value is -2.99. The van der Waals surface area contributed by atoms with Crippen molar-refractivity contribution < 1.29 is 33.6 Å². The SMILES string of the molecule is COC(=O)[C@H](C)[C@H](O)[C@H]1O[C@@H](n2ccc(=O)n(Cc3ccc(OC)cc3)c2=O)C2OC(C)(C)O[C@H]21. The van der Waals surface area contributed by atoms with E-state index in [1.807, 2.05) is 0 Å². The number of nitrogens with zero attached hydrogens (tertiary/aromatic N) is 2. The van der Waals surface area contributed by atoms with E-state index in [0.29, 0.717) is 5.75 Å². The van der Waals surface area contributed by atoms with Crippen LogP contribution in [0, 0.1) is 5.92 Å². The van der Waals surface area contributed by atoms with Gasteiger partial charge in [0.1, 0.15) is 24.1 Å². The predicted octanol–water partition coefficient (Wildman–Crippen LogP) is 0.654. The number of fused-ring (bicyclic) bond motifs is 1.